The smallest absolute Gasteiger partial charge is 1.00 e. The second-order valence-electron chi connectivity index (χ2n) is 0.448. The predicted molar refractivity (Wildman–Crippen MR) is 19.5 cm³/mol. The fourth-order valence-corrected chi connectivity index (χ4v) is 0. The molecule has 0 unspecified atom stereocenters. The molecule has 0 aliphatic heterocycles. The van der Waals surface area contributed by atoms with Crippen molar-refractivity contribution in [3.8, 4) is 0 Å². The van der Waals surface area contributed by atoms with Gasteiger partial charge in [-0.1, -0.05) is 0 Å². The van der Waals surface area contributed by atoms with Gasteiger partial charge < -0.3 is 2.85 Å². The Hall–Kier alpha value is 1.88. The minimum Gasteiger partial charge on any atom is -1.00 e. The van der Waals surface area contributed by atoms with Gasteiger partial charge in [-0.3, -0.25) is 0 Å². The molecule has 0 aromatic carbocycles. The summed E-state index contributed by atoms with van der Waals surface area (Å²) >= 11 is -5.52. The van der Waals surface area contributed by atoms with Crippen molar-refractivity contribution in [2.75, 3.05) is 0 Å². The van der Waals surface area contributed by atoms with Crippen molar-refractivity contribution >= 4 is 67.9 Å². The molecular formula is H4BaO4Te. The van der Waals surface area contributed by atoms with Gasteiger partial charge >= 0.3 is 81.0 Å². The third-order valence-electron chi connectivity index (χ3n) is 0. The van der Waals surface area contributed by atoms with Crippen LogP contribution in [0.25, 0.3) is 0 Å². The van der Waals surface area contributed by atoms with Crippen molar-refractivity contribution in [3.63, 3.8) is 0 Å². The van der Waals surface area contributed by atoms with Crippen LogP contribution in [-0.4, -0.2) is 74.8 Å². The van der Waals surface area contributed by atoms with E-state index in [2.05, 4.69) is 0 Å². The summed E-state index contributed by atoms with van der Waals surface area (Å²) in [6, 6.07) is 0. The Morgan fingerprint density at radius 2 is 1.33 bits per heavy atom. The molecule has 6 heteroatoms. The van der Waals surface area contributed by atoms with Gasteiger partial charge in [0, 0.05) is 0 Å². The molecular weight excluding hydrogens is 329 g/mol. The summed E-state index contributed by atoms with van der Waals surface area (Å²) < 4.78 is 32.0. The van der Waals surface area contributed by atoms with Crippen LogP contribution in [0.5, 0.6) is 0 Å². The Morgan fingerprint density at radius 1 is 1.33 bits per heavy atom. The van der Waals surface area contributed by atoms with Gasteiger partial charge in [-0.25, -0.2) is 0 Å². The fraction of sp³-hybridized carbons (Fsp3) is 0. The van der Waals surface area contributed by atoms with Crippen LogP contribution in [0.15, 0.2) is 0 Å². The molecule has 0 spiro atoms. The Kier molecular flexibility index (Phi) is 6.89. The van der Waals surface area contributed by atoms with Crippen LogP contribution >= 0.6 is 0 Å². The first-order chi connectivity index (χ1) is 2.00. The summed E-state index contributed by atoms with van der Waals surface area (Å²) in [6.45, 7) is 0. The maximum absolute atomic E-state index is 8.85. The molecule has 0 radical (unpaired) electrons. The molecule has 36 valence electrons. The van der Waals surface area contributed by atoms with E-state index in [1.165, 1.54) is 0 Å². The first-order valence-electron chi connectivity index (χ1n) is 0.698. The minimum absolute atomic E-state index is 0. The van der Waals surface area contributed by atoms with E-state index >= 15 is 0 Å². The summed E-state index contributed by atoms with van der Waals surface area (Å²) in [5, 5.41) is 0. The number of rotatable bonds is 0. The Bertz CT molecular complexity index is 97.2. The summed E-state index contributed by atoms with van der Waals surface area (Å²) in [7, 11) is 0. The van der Waals surface area contributed by atoms with Crippen LogP contribution in [0.4, 0.5) is 0 Å². The zero-order valence-electron chi connectivity index (χ0n) is 4.83. The van der Waals surface area contributed by atoms with Crippen molar-refractivity contribution in [1.82, 2.24) is 0 Å². The maximum atomic E-state index is 8.85. The van der Waals surface area contributed by atoms with E-state index in [9.17, 15) is 0 Å². The molecule has 2 N–H and O–H groups in total. The summed E-state index contributed by atoms with van der Waals surface area (Å²) in [5.74, 6) is 0. The number of hydrogen-bond donors (Lipinski definition) is 2. The van der Waals surface area contributed by atoms with Gasteiger partial charge in [0.1, 0.15) is 0 Å². The van der Waals surface area contributed by atoms with E-state index in [0.29, 0.717) is 0 Å². The van der Waals surface area contributed by atoms with Crippen LogP contribution in [0.1, 0.15) is 2.85 Å². The number of hydrogen-bond acceptors (Lipinski definition) is 2. The van der Waals surface area contributed by atoms with Gasteiger partial charge in [0.15, 0.2) is 0 Å². The average molecular weight is 333 g/mol. The maximum Gasteiger partial charge on any atom is 2.00 e. The molecule has 6 heavy (non-hydrogen) atoms. The van der Waals surface area contributed by atoms with E-state index < -0.39 is 19.0 Å². The Labute approximate surface area is 82.2 Å². The quantitative estimate of drug-likeness (QED) is 0.509. The molecule has 4 nitrogen and oxygen atoms in total. The van der Waals surface area contributed by atoms with Crippen molar-refractivity contribution in [1.29, 1.82) is 0 Å². The molecule has 0 aliphatic carbocycles. The SMILES string of the molecule is O=[Te](=O)(O)O.[Ba+2].[H-].[H-]. The fourth-order valence-electron chi connectivity index (χ4n) is 0. The molecule has 0 amide bonds. The summed E-state index contributed by atoms with van der Waals surface area (Å²) in [4.78, 5) is 0. The van der Waals surface area contributed by atoms with Crippen LogP contribution < -0.4 is 0 Å². The Morgan fingerprint density at radius 3 is 1.33 bits per heavy atom. The molecule has 0 fully saturated rings. The molecule has 0 saturated heterocycles. The van der Waals surface area contributed by atoms with Crippen LogP contribution in [-0.2, 0) is 6.21 Å². The third kappa shape index (κ3) is 39.6. The van der Waals surface area contributed by atoms with Gasteiger partial charge in [0.25, 0.3) is 0 Å². The van der Waals surface area contributed by atoms with Crippen molar-refractivity contribution in [2.24, 2.45) is 0 Å². The van der Waals surface area contributed by atoms with Crippen molar-refractivity contribution < 1.29 is 16.0 Å². The van der Waals surface area contributed by atoms with Crippen molar-refractivity contribution in [3.05, 3.63) is 0 Å². The van der Waals surface area contributed by atoms with Crippen molar-refractivity contribution in [2.45, 2.75) is 0 Å². The van der Waals surface area contributed by atoms with Crippen LogP contribution in [0.3, 0.4) is 0 Å². The van der Waals surface area contributed by atoms with Crippen LogP contribution in [0.2, 0.25) is 0 Å². The van der Waals surface area contributed by atoms with Gasteiger partial charge in [-0.15, -0.1) is 0 Å². The zero-order valence-corrected chi connectivity index (χ0v) is 9.60. The molecule has 0 saturated carbocycles. The molecule has 0 bridgehead atoms. The molecule has 0 aromatic heterocycles. The predicted octanol–water partition coefficient (Wildman–Crippen LogP) is -1.89. The standard InChI is InChI=1S/Ba.H2O4Te.2H/c;1-5(2,3)4;;/h;(H2,1,2,3,4);;/q+2;;2*-1. The molecule has 0 rings (SSSR count). The van der Waals surface area contributed by atoms with E-state index in [0.717, 1.165) is 0 Å². The van der Waals surface area contributed by atoms with E-state index in [4.69, 9.17) is 13.2 Å². The molecule has 0 aliphatic rings. The normalized spacial score (nSPS) is 9.67. The van der Waals surface area contributed by atoms with Gasteiger partial charge in [-0.2, -0.15) is 0 Å². The van der Waals surface area contributed by atoms with E-state index in [1.807, 2.05) is 0 Å². The summed E-state index contributed by atoms with van der Waals surface area (Å²) in [6.07, 6.45) is 0. The summed E-state index contributed by atoms with van der Waals surface area (Å²) in [5.41, 5.74) is 0. The van der Waals surface area contributed by atoms with E-state index in [-0.39, 0.29) is 51.7 Å². The first kappa shape index (κ1) is 10.8. The first-order valence-corrected chi connectivity index (χ1v) is 4.69. The minimum atomic E-state index is -5.52. The third-order valence-corrected chi connectivity index (χ3v) is 0. The second-order valence-corrected chi connectivity index (χ2v) is 3.00. The van der Waals surface area contributed by atoms with Gasteiger partial charge in [0.05, 0.1) is 0 Å². The molecule has 0 heterocycles. The average Bonchev–Trinajstić information content (AvgIpc) is 0.722. The van der Waals surface area contributed by atoms with Gasteiger partial charge in [-0.05, 0) is 0 Å². The topological polar surface area (TPSA) is 74.6 Å². The largest absolute Gasteiger partial charge is 2.00 e. The molecule has 0 aromatic rings. The second kappa shape index (κ2) is 3.83. The Balaban J connectivity index is -0.0000000267. The zero-order chi connectivity index (χ0) is 4.50. The monoisotopic (exact) mass is 336 g/mol. The molecule has 0 atom stereocenters. The van der Waals surface area contributed by atoms with Crippen LogP contribution in [0, 0.1) is 0 Å². The van der Waals surface area contributed by atoms with E-state index in [1.54, 1.807) is 0 Å². The van der Waals surface area contributed by atoms with Gasteiger partial charge in [0.2, 0.25) is 0 Å².